The van der Waals surface area contributed by atoms with Crippen LogP contribution in [-0.4, -0.2) is 61.7 Å². The molecule has 0 fully saturated rings. The number of hydrogen-bond acceptors (Lipinski definition) is 4. The van der Waals surface area contributed by atoms with E-state index in [1.54, 1.807) is 0 Å². The van der Waals surface area contributed by atoms with Gasteiger partial charge >= 0.3 is 36.1 Å². The minimum Gasteiger partial charge on any atom is -0.456 e. The Labute approximate surface area is 170 Å². The van der Waals surface area contributed by atoms with Gasteiger partial charge in [0.15, 0.2) is 13.2 Å². The molecule has 2 atom stereocenters. The molecule has 2 unspecified atom stereocenters. The van der Waals surface area contributed by atoms with Crippen molar-refractivity contribution in [3.8, 4) is 0 Å². The van der Waals surface area contributed by atoms with Gasteiger partial charge in [-0.1, -0.05) is 0 Å². The second-order valence-electron chi connectivity index (χ2n) is 6.06. The maximum absolute atomic E-state index is 13.1. The molecule has 1 aromatic carbocycles. The van der Waals surface area contributed by atoms with Crippen LogP contribution < -0.4 is 0 Å². The molecule has 4 nitrogen and oxygen atoms in total. The zero-order valence-electron chi connectivity index (χ0n) is 15.0. The number of carbonyl (C=O) groups excluding carboxylic acids is 2. The number of esters is 2. The smallest absolute Gasteiger partial charge is 0.425 e. The normalized spacial score (nSPS) is 15.1. The summed E-state index contributed by atoms with van der Waals surface area (Å²) in [7, 11) is 0. The number of hydrogen-bond donors (Lipinski definition) is 0. The summed E-state index contributed by atoms with van der Waals surface area (Å²) < 4.78 is 157. The minimum atomic E-state index is -5.93. The largest absolute Gasteiger partial charge is 0.456 e. The summed E-state index contributed by atoms with van der Waals surface area (Å²) in [4.78, 5) is 23.1. The van der Waals surface area contributed by atoms with Crippen molar-refractivity contribution >= 4 is 11.9 Å². The Morgan fingerprint density at radius 1 is 0.625 bits per heavy atom. The summed E-state index contributed by atoms with van der Waals surface area (Å²) in [6.45, 7) is -4.59. The van der Waals surface area contributed by atoms with Gasteiger partial charge < -0.3 is 9.47 Å². The van der Waals surface area contributed by atoms with Gasteiger partial charge in [0.25, 0.3) is 12.3 Å². The van der Waals surface area contributed by atoms with Crippen LogP contribution in [0.1, 0.15) is 20.7 Å². The molecule has 0 radical (unpaired) electrons. The zero-order valence-corrected chi connectivity index (χ0v) is 15.0. The van der Waals surface area contributed by atoms with E-state index < -0.39 is 72.8 Å². The average molecular weight is 494 g/mol. The standard InChI is InChI=1S/C16H10F12O4/c17-11(15(23,24)25)13(19,20)5-31-9(29)7-1-2-8(4-3-7)10(30)32-6-14(21,22)12(18)16(26,27)28/h1-4,11-12H,5-6H2. The van der Waals surface area contributed by atoms with E-state index in [-0.39, 0.29) is 0 Å². The Morgan fingerprint density at radius 2 is 0.875 bits per heavy atom. The van der Waals surface area contributed by atoms with Gasteiger partial charge in [-0.3, -0.25) is 0 Å². The fourth-order valence-electron chi connectivity index (χ4n) is 1.86. The molecule has 0 heterocycles. The van der Waals surface area contributed by atoms with Gasteiger partial charge in [-0.25, -0.2) is 18.4 Å². The molecule has 0 bridgehead atoms. The summed E-state index contributed by atoms with van der Waals surface area (Å²) in [5.74, 6) is -13.6. The van der Waals surface area contributed by atoms with Gasteiger partial charge in [0.1, 0.15) is 0 Å². The van der Waals surface area contributed by atoms with Crippen LogP contribution in [0, 0.1) is 0 Å². The molecule has 0 aliphatic rings. The second kappa shape index (κ2) is 9.44. The Morgan fingerprint density at radius 3 is 1.09 bits per heavy atom. The van der Waals surface area contributed by atoms with E-state index in [1.165, 1.54) is 0 Å². The highest BCUT2D eigenvalue weighted by molar-refractivity contribution is 5.93. The molecule has 0 amide bonds. The molecule has 1 aromatic rings. The third-order valence-corrected chi connectivity index (χ3v) is 3.46. The fourth-order valence-corrected chi connectivity index (χ4v) is 1.86. The van der Waals surface area contributed by atoms with Crippen molar-refractivity contribution in [2.45, 2.75) is 36.5 Å². The zero-order chi connectivity index (χ0) is 25.1. The lowest BCUT2D eigenvalue weighted by atomic mass is 10.1. The van der Waals surface area contributed by atoms with E-state index in [1.807, 2.05) is 0 Å². The van der Waals surface area contributed by atoms with E-state index in [4.69, 9.17) is 0 Å². The van der Waals surface area contributed by atoms with Crippen LogP contribution in [0.25, 0.3) is 0 Å². The van der Waals surface area contributed by atoms with Crippen molar-refractivity contribution in [1.29, 1.82) is 0 Å². The molecule has 182 valence electrons. The van der Waals surface area contributed by atoms with Crippen molar-refractivity contribution in [3.05, 3.63) is 35.4 Å². The van der Waals surface area contributed by atoms with E-state index in [0.717, 1.165) is 0 Å². The maximum Gasteiger partial charge on any atom is 0.425 e. The highest BCUT2D eigenvalue weighted by Gasteiger charge is 2.58. The molecule has 0 saturated heterocycles. The van der Waals surface area contributed by atoms with Gasteiger partial charge in [0, 0.05) is 0 Å². The molecule has 0 N–H and O–H groups in total. The summed E-state index contributed by atoms with van der Waals surface area (Å²) in [6, 6.07) is 2.50. The van der Waals surface area contributed by atoms with Crippen LogP contribution in [0.15, 0.2) is 24.3 Å². The van der Waals surface area contributed by atoms with Crippen LogP contribution in [0.4, 0.5) is 52.7 Å². The van der Waals surface area contributed by atoms with E-state index >= 15 is 0 Å². The number of rotatable bonds is 8. The third-order valence-electron chi connectivity index (χ3n) is 3.46. The first-order chi connectivity index (χ1) is 14.3. The van der Waals surface area contributed by atoms with Crippen molar-refractivity contribution < 1.29 is 71.7 Å². The molecule has 0 saturated carbocycles. The van der Waals surface area contributed by atoms with Crippen LogP contribution >= 0.6 is 0 Å². The van der Waals surface area contributed by atoms with E-state index in [0.29, 0.717) is 24.3 Å². The van der Waals surface area contributed by atoms with Crippen molar-refractivity contribution in [2.75, 3.05) is 13.2 Å². The number of benzene rings is 1. The molecule has 1 rings (SSSR count). The predicted molar refractivity (Wildman–Crippen MR) is 78.8 cm³/mol. The molecule has 0 aliphatic heterocycles. The predicted octanol–water partition coefficient (Wildman–Crippen LogP) is 5.07. The highest BCUT2D eigenvalue weighted by atomic mass is 19.4. The number of alkyl halides is 12. The molecule has 0 spiro atoms. The lowest BCUT2D eigenvalue weighted by Crippen LogP contribution is -2.45. The Balaban J connectivity index is 2.72. The SMILES string of the molecule is O=C(OCC(F)(F)C(F)C(F)(F)F)c1ccc(C(=O)OCC(F)(F)C(F)C(F)(F)F)cc1. The average Bonchev–Trinajstić information content (AvgIpc) is 2.67. The molecule has 32 heavy (non-hydrogen) atoms. The van der Waals surface area contributed by atoms with Crippen molar-refractivity contribution in [3.63, 3.8) is 0 Å². The topological polar surface area (TPSA) is 52.6 Å². The lowest BCUT2D eigenvalue weighted by Gasteiger charge is -2.22. The van der Waals surface area contributed by atoms with Gasteiger partial charge in [0.2, 0.25) is 0 Å². The van der Waals surface area contributed by atoms with E-state index in [9.17, 15) is 62.3 Å². The Hall–Kier alpha value is -2.68. The van der Waals surface area contributed by atoms with Crippen molar-refractivity contribution in [2.24, 2.45) is 0 Å². The van der Waals surface area contributed by atoms with Crippen LogP contribution in [-0.2, 0) is 9.47 Å². The quantitative estimate of drug-likeness (QED) is 0.374. The second-order valence-corrected chi connectivity index (χ2v) is 6.06. The Kier molecular flexibility index (Phi) is 8.07. The number of halogens is 12. The molecule has 0 aliphatic carbocycles. The van der Waals surface area contributed by atoms with Crippen LogP contribution in [0.2, 0.25) is 0 Å². The molecule has 0 aromatic heterocycles. The van der Waals surface area contributed by atoms with Gasteiger partial charge in [-0.15, -0.1) is 0 Å². The first-order valence-electron chi connectivity index (χ1n) is 7.90. The monoisotopic (exact) mass is 494 g/mol. The fraction of sp³-hybridized carbons (Fsp3) is 0.500. The summed E-state index contributed by atoms with van der Waals surface area (Å²) in [5, 5.41) is 0. The number of ether oxygens (including phenoxy) is 2. The van der Waals surface area contributed by atoms with Crippen LogP contribution in [0.5, 0.6) is 0 Å². The molecular weight excluding hydrogens is 484 g/mol. The molecular formula is C16H10F12O4. The maximum atomic E-state index is 13.1. The first kappa shape index (κ1) is 27.4. The van der Waals surface area contributed by atoms with Crippen molar-refractivity contribution in [1.82, 2.24) is 0 Å². The Bertz CT molecular complexity index is 734. The first-order valence-corrected chi connectivity index (χ1v) is 7.90. The van der Waals surface area contributed by atoms with Gasteiger partial charge in [-0.2, -0.15) is 43.9 Å². The van der Waals surface area contributed by atoms with Gasteiger partial charge in [0.05, 0.1) is 11.1 Å². The summed E-state index contributed by atoms with van der Waals surface area (Å²) in [5.41, 5.74) is -1.32. The molecule has 16 heteroatoms. The summed E-state index contributed by atoms with van der Waals surface area (Å²) in [6.07, 6.45) is -21.1. The van der Waals surface area contributed by atoms with E-state index in [2.05, 4.69) is 9.47 Å². The third kappa shape index (κ3) is 7.19. The summed E-state index contributed by atoms with van der Waals surface area (Å²) >= 11 is 0. The minimum absolute atomic E-state index is 0.625. The van der Waals surface area contributed by atoms with Crippen LogP contribution in [0.3, 0.4) is 0 Å². The lowest BCUT2D eigenvalue weighted by molar-refractivity contribution is -0.252. The van der Waals surface area contributed by atoms with Gasteiger partial charge in [-0.05, 0) is 24.3 Å². The number of carbonyl (C=O) groups is 2. The highest BCUT2D eigenvalue weighted by Crippen LogP contribution is 2.36.